The van der Waals surface area contributed by atoms with Gasteiger partial charge in [0.25, 0.3) is 11.5 Å². The quantitative estimate of drug-likeness (QED) is 0.702. The first-order valence-corrected chi connectivity index (χ1v) is 10.1. The number of hydrogen-bond acceptors (Lipinski definition) is 4. The molecule has 0 aliphatic carbocycles. The van der Waals surface area contributed by atoms with Crippen molar-refractivity contribution in [1.29, 1.82) is 0 Å². The summed E-state index contributed by atoms with van der Waals surface area (Å²) < 4.78 is 0. The van der Waals surface area contributed by atoms with Crippen molar-refractivity contribution < 1.29 is 4.79 Å². The number of aromatic nitrogens is 2. The van der Waals surface area contributed by atoms with Crippen molar-refractivity contribution >= 4 is 16.8 Å². The molecule has 1 fully saturated rings. The maximum absolute atomic E-state index is 12.5. The van der Waals surface area contributed by atoms with Gasteiger partial charge in [-0.25, -0.2) is 0 Å². The van der Waals surface area contributed by atoms with Gasteiger partial charge < -0.3 is 10.3 Å². The van der Waals surface area contributed by atoms with Crippen molar-refractivity contribution in [3.63, 3.8) is 0 Å². The smallest absolute Gasteiger partial charge is 0.261 e. The van der Waals surface area contributed by atoms with E-state index < -0.39 is 0 Å². The summed E-state index contributed by atoms with van der Waals surface area (Å²) in [5, 5.41) is 3.84. The van der Waals surface area contributed by atoms with E-state index in [1.807, 2.05) is 36.4 Å². The van der Waals surface area contributed by atoms with Gasteiger partial charge in [0.15, 0.2) is 0 Å². The molecule has 0 saturated carbocycles. The van der Waals surface area contributed by atoms with Crippen molar-refractivity contribution in [1.82, 2.24) is 20.2 Å². The van der Waals surface area contributed by atoms with E-state index in [9.17, 15) is 9.59 Å². The number of pyridine rings is 2. The van der Waals surface area contributed by atoms with E-state index in [1.54, 1.807) is 12.3 Å². The highest BCUT2D eigenvalue weighted by molar-refractivity contribution is 5.93. The standard InChI is InChI=1S/C23H26N4O2/c1-16-8-10-27(11-9-16)15-19-6-7-20(23(29)26-19)22(28)25-14-17-12-18-4-2-3-5-21(18)24-13-17/h2-7,12-13,16H,8-11,14-15H2,1H3,(H,25,28)(H,26,29). The van der Waals surface area contributed by atoms with Gasteiger partial charge in [0.1, 0.15) is 5.56 Å². The van der Waals surface area contributed by atoms with Gasteiger partial charge in [0.2, 0.25) is 0 Å². The van der Waals surface area contributed by atoms with Crippen molar-refractivity contribution in [3.8, 4) is 0 Å². The van der Waals surface area contributed by atoms with Crippen LogP contribution in [0.3, 0.4) is 0 Å². The second-order valence-electron chi connectivity index (χ2n) is 7.90. The van der Waals surface area contributed by atoms with Gasteiger partial charge in [-0.3, -0.25) is 19.5 Å². The second kappa shape index (κ2) is 8.57. The molecule has 3 aromatic rings. The van der Waals surface area contributed by atoms with Crippen LogP contribution in [0, 0.1) is 5.92 Å². The third-order valence-electron chi connectivity index (χ3n) is 5.58. The predicted molar refractivity (Wildman–Crippen MR) is 114 cm³/mol. The van der Waals surface area contributed by atoms with Gasteiger partial charge >= 0.3 is 0 Å². The van der Waals surface area contributed by atoms with Crippen molar-refractivity contribution in [2.24, 2.45) is 5.92 Å². The number of rotatable bonds is 5. The van der Waals surface area contributed by atoms with Crippen molar-refractivity contribution in [2.45, 2.75) is 32.9 Å². The number of likely N-dealkylation sites (tertiary alicyclic amines) is 1. The molecule has 0 spiro atoms. The fourth-order valence-corrected chi connectivity index (χ4v) is 3.74. The Bertz CT molecular complexity index is 1070. The number of aromatic amines is 1. The molecule has 2 N–H and O–H groups in total. The number of carbonyl (C=O) groups is 1. The number of nitrogens with one attached hydrogen (secondary N) is 2. The average molecular weight is 390 g/mol. The van der Waals surface area contributed by atoms with Crippen LogP contribution in [0.15, 0.2) is 53.5 Å². The maximum atomic E-state index is 12.5. The number of H-pyrrole nitrogens is 1. The van der Waals surface area contributed by atoms with Crippen molar-refractivity contribution in [3.05, 3.63) is 75.8 Å². The summed E-state index contributed by atoms with van der Waals surface area (Å²) in [5.74, 6) is 0.395. The maximum Gasteiger partial charge on any atom is 0.261 e. The average Bonchev–Trinajstić information content (AvgIpc) is 2.73. The van der Waals surface area contributed by atoms with Gasteiger partial charge in [0.05, 0.1) is 5.52 Å². The number of amides is 1. The number of nitrogens with zero attached hydrogens (tertiary/aromatic N) is 2. The topological polar surface area (TPSA) is 78.1 Å². The highest BCUT2D eigenvalue weighted by atomic mass is 16.2. The molecular weight excluding hydrogens is 364 g/mol. The zero-order chi connectivity index (χ0) is 20.2. The molecule has 1 saturated heterocycles. The normalized spacial score (nSPS) is 15.5. The predicted octanol–water partition coefficient (Wildman–Crippen LogP) is 3.09. The zero-order valence-corrected chi connectivity index (χ0v) is 16.6. The van der Waals surface area contributed by atoms with E-state index in [0.29, 0.717) is 13.1 Å². The largest absolute Gasteiger partial charge is 0.348 e. The zero-order valence-electron chi connectivity index (χ0n) is 16.6. The summed E-state index contributed by atoms with van der Waals surface area (Å²) in [6.07, 6.45) is 4.12. The van der Waals surface area contributed by atoms with Crippen LogP contribution >= 0.6 is 0 Å². The van der Waals surface area contributed by atoms with Crippen LogP contribution in [-0.4, -0.2) is 33.9 Å². The number of carbonyl (C=O) groups excluding carboxylic acids is 1. The van der Waals surface area contributed by atoms with Crippen LogP contribution in [0.2, 0.25) is 0 Å². The van der Waals surface area contributed by atoms with E-state index in [-0.39, 0.29) is 17.0 Å². The number of para-hydroxylation sites is 1. The van der Waals surface area contributed by atoms with E-state index in [4.69, 9.17) is 0 Å². The second-order valence-corrected chi connectivity index (χ2v) is 7.90. The molecule has 1 aliphatic heterocycles. The molecule has 29 heavy (non-hydrogen) atoms. The fourth-order valence-electron chi connectivity index (χ4n) is 3.74. The van der Waals surface area contributed by atoms with Crippen LogP contribution in [0.5, 0.6) is 0 Å². The Labute approximate surface area is 170 Å². The summed E-state index contributed by atoms with van der Waals surface area (Å²) >= 11 is 0. The molecule has 1 aliphatic rings. The molecule has 6 nitrogen and oxygen atoms in total. The Balaban J connectivity index is 1.38. The summed E-state index contributed by atoms with van der Waals surface area (Å²) in [6.45, 7) is 5.41. The Morgan fingerprint density at radius 1 is 1.21 bits per heavy atom. The monoisotopic (exact) mass is 390 g/mol. The van der Waals surface area contributed by atoms with E-state index in [2.05, 4.69) is 27.1 Å². The molecule has 1 amide bonds. The Morgan fingerprint density at radius 3 is 2.79 bits per heavy atom. The van der Waals surface area contributed by atoms with Gasteiger partial charge in [0, 0.05) is 30.4 Å². The van der Waals surface area contributed by atoms with E-state index in [1.165, 1.54) is 12.8 Å². The number of piperidine rings is 1. The van der Waals surface area contributed by atoms with Crippen LogP contribution in [-0.2, 0) is 13.1 Å². The van der Waals surface area contributed by atoms with Gasteiger partial charge in [-0.1, -0.05) is 25.1 Å². The van der Waals surface area contributed by atoms with Gasteiger partial charge in [-0.2, -0.15) is 0 Å². The van der Waals surface area contributed by atoms with Crippen LogP contribution in [0.4, 0.5) is 0 Å². The van der Waals surface area contributed by atoms with Gasteiger partial charge in [-0.15, -0.1) is 0 Å². The minimum Gasteiger partial charge on any atom is -0.348 e. The first kappa shape index (κ1) is 19.3. The Kier molecular flexibility index (Phi) is 5.71. The van der Waals surface area contributed by atoms with Crippen LogP contribution in [0.1, 0.15) is 41.4 Å². The molecule has 0 bridgehead atoms. The molecular formula is C23H26N4O2. The van der Waals surface area contributed by atoms with E-state index in [0.717, 1.165) is 41.2 Å². The first-order valence-electron chi connectivity index (χ1n) is 10.1. The lowest BCUT2D eigenvalue weighted by Gasteiger charge is -2.29. The number of fused-ring (bicyclic) bond motifs is 1. The number of benzene rings is 1. The molecule has 0 radical (unpaired) electrons. The third kappa shape index (κ3) is 4.71. The molecule has 150 valence electrons. The molecule has 2 aromatic heterocycles. The van der Waals surface area contributed by atoms with Crippen LogP contribution in [0.25, 0.3) is 10.9 Å². The Hall–Kier alpha value is -2.99. The Morgan fingerprint density at radius 2 is 2.00 bits per heavy atom. The highest BCUT2D eigenvalue weighted by Crippen LogP contribution is 2.17. The summed E-state index contributed by atoms with van der Waals surface area (Å²) in [4.78, 5) is 34.5. The van der Waals surface area contributed by atoms with E-state index >= 15 is 0 Å². The lowest BCUT2D eigenvalue weighted by atomic mass is 9.99. The summed E-state index contributed by atoms with van der Waals surface area (Å²) in [7, 11) is 0. The molecule has 4 rings (SSSR count). The molecule has 6 heteroatoms. The lowest BCUT2D eigenvalue weighted by molar-refractivity contribution is 0.0949. The third-order valence-corrected chi connectivity index (χ3v) is 5.58. The van der Waals surface area contributed by atoms with Gasteiger partial charge in [-0.05, 0) is 61.7 Å². The first-order chi connectivity index (χ1) is 14.1. The minimum atomic E-state index is -0.377. The number of hydrogen-bond donors (Lipinski definition) is 2. The summed E-state index contributed by atoms with van der Waals surface area (Å²) in [6, 6.07) is 13.3. The van der Waals surface area contributed by atoms with Crippen LogP contribution < -0.4 is 10.9 Å². The molecule has 0 atom stereocenters. The SMILES string of the molecule is CC1CCN(Cc2ccc(C(=O)NCc3cnc4ccccc4c3)c(=O)[nH]2)CC1. The van der Waals surface area contributed by atoms with Crippen molar-refractivity contribution in [2.75, 3.05) is 13.1 Å². The molecule has 0 unspecified atom stereocenters. The molecule has 3 heterocycles. The highest BCUT2D eigenvalue weighted by Gasteiger charge is 2.17. The lowest BCUT2D eigenvalue weighted by Crippen LogP contribution is -2.34. The molecule has 1 aromatic carbocycles. The fraction of sp³-hybridized carbons (Fsp3) is 0.348. The minimum absolute atomic E-state index is 0.134. The summed E-state index contributed by atoms with van der Waals surface area (Å²) in [5.41, 5.74) is 2.44.